The summed E-state index contributed by atoms with van der Waals surface area (Å²) in [6.07, 6.45) is 0. The van der Waals surface area contributed by atoms with Gasteiger partial charge in [0.05, 0.1) is 22.6 Å². The van der Waals surface area contributed by atoms with Crippen LogP contribution in [0.15, 0.2) is 78.9 Å². The molecule has 154 valence electrons. The molecule has 1 amide bonds. The van der Waals surface area contributed by atoms with Crippen LogP contribution in [0.3, 0.4) is 0 Å². The maximum Gasteiger partial charge on any atom is 0.270 e. The molecule has 0 fully saturated rings. The van der Waals surface area contributed by atoms with Gasteiger partial charge in [-0.25, -0.2) is 4.98 Å². The summed E-state index contributed by atoms with van der Waals surface area (Å²) in [5, 5.41) is 14.2. The molecule has 1 N–H and O–H groups in total. The van der Waals surface area contributed by atoms with Crippen LogP contribution in [0, 0.1) is 10.1 Å². The first-order valence-corrected chi connectivity index (χ1v) is 10.1. The van der Waals surface area contributed by atoms with Crippen molar-refractivity contribution in [1.82, 2.24) is 4.98 Å². The lowest BCUT2D eigenvalue weighted by atomic mass is 10.1. The number of benzene rings is 3. The fourth-order valence-corrected chi connectivity index (χ4v) is 4.02. The van der Waals surface area contributed by atoms with Gasteiger partial charge in [-0.2, -0.15) is 0 Å². The molecular weight excluding hydrogens is 414 g/mol. The van der Waals surface area contributed by atoms with Crippen LogP contribution in [0.25, 0.3) is 21.7 Å². The molecule has 0 aliphatic carbocycles. The van der Waals surface area contributed by atoms with E-state index in [9.17, 15) is 14.9 Å². The number of anilines is 1. The summed E-state index contributed by atoms with van der Waals surface area (Å²) in [6.45, 7) is 0. The van der Waals surface area contributed by atoms with Gasteiger partial charge in [-0.1, -0.05) is 47.7 Å². The molecule has 0 bridgehead atoms. The minimum Gasteiger partial charge on any atom is -0.497 e. The van der Waals surface area contributed by atoms with Crippen molar-refractivity contribution < 1.29 is 14.5 Å². The van der Waals surface area contributed by atoms with Crippen LogP contribution in [-0.2, 0) is 0 Å². The summed E-state index contributed by atoms with van der Waals surface area (Å²) in [7, 11) is 1.61. The number of ether oxygens (including phenoxy) is 1. The molecule has 31 heavy (non-hydrogen) atoms. The molecule has 0 unspecified atom stereocenters. The van der Waals surface area contributed by atoms with E-state index in [1.54, 1.807) is 7.11 Å². The molecule has 0 aliphatic rings. The molecule has 0 spiro atoms. The van der Waals surface area contributed by atoms with Gasteiger partial charge in [-0.3, -0.25) is 20.2 Å². The Morgan fingerprint density at radius 2 is 1.74 bits per heavy atom. The molecule has 8 heteroatoms. The number of carbonyl (C=O) groups excluding carboxylic acids is 1. The first-order valence-electron chi connectivity index (χ1n) is 9.31. The second-order valence-electron chi connectivity index (χ2n) is 6.55. The number of hydrogen-bond acceptors (Lipinski definition) is 6. The lowest BCUT2D eigenvalue weighted by Gasteiger charge is -2.04. The zero-order valence-corrected chi connectivity index (χ0v) is 17.3. The van der Waals surface area contributed by atoms with Crippen molar-refractivity contribution in [3.05, 3.63) is 94.5 Å². The minimum absolute atomic E-state index is 0.143. The number of methoxy groups -OCH3 is 1. The third-order valence-electron chi connectivity index (χ3n) is 4.57. The summed E-state index contributed by atoms with van der Waals surface area (Å²) >= 11 is 1.34. The Morgan fingerprint density at radius 1 is 1.00 bits per heavy atom. The Kier molecular flexibility index (Phi) is 5.72. The van der Waals surface area contributed by atoms with E-state index in [1.807, 2.05) is 54.6 Å². The minimum atomic E-state index is -0.532. The van der Waals surface area contributed by atoms with Gasteiger partial charge in [-0.05, 0) is 35.9 Å². The van der Waals surface area contributed by atoms with Gasteiger partial charge in [0.1, 0.15) is 5.75 Å². The SMILES string of the molecule is COc1ccc(-c2nc(NC(=O)c3cccc([N+](=O)[O-])c3)sc2-c2ccccc2)cc1. The number of nitro groups is 1. The second-order valence-corrected chi connectivity index (χ2v) is 7.55. The number of non-ortho nitro benzene ring substituents is 1. The van der Waals surface area contributed by atoms with Crippen LogP contribution < -0.4 is 10.1 Å². The van der Waals surface area contributed by atoms with Crippen molar-refractivity contribution in [3.63, 3.8) is 0 Å². The van der Waals surface area contributed by atoms with Crippen LogP contribution >= 0.6 is 11.3 Å². The predicted octanol–water partition coefficient (Wildman–Crippen LogP) is 5.65. The van der Waals surface area contributed by atoms with Crippen molar-refractivity contribution in [2.45, 2.75) is 0 Å². The van der Waals surface area contributed by atoms with Crippen molar-refractivity contribution in [3.8, 4) is 27.4 Å². The normalized spacial score (nSPS) is 10.5. The predicted molar refractivity (Wildman–Crippen MR) is 121 cm³/mol. The van der Waals surface area contributed by atoms with Crippen LogP contribution in [-0.4, -0.2) is 22.9 Å². The van der Waals surface area contributed by atoms with Gasteiger partial charge in [-0.15, -0.1) is 0 Å². The van der Waals surface area contributed by atoms with Gasteiger partial charge >= 0.3 is 0 Å². The largest absolute Gasteiger partial charge is 0.497 e. The van der Waals surface area contributed by atoms with Gasteiger partial charge in [0.25, 0.3) is 11.6 Å². The average Bonchev–Trinajstić information content (AvgIpc) is 3.23. The second kappa shape index (κ2) is 8.76. The third-order valence-corrected chi connectivity index (χ3v) is 5.59. The molecule has 0 atom stereocenters. The molecule has 4 aromatic rings. The molecule has 1 aromatic heterocycles. The van der Waals surface area contributed by atoms with Crippen LogP contribution in [0.4, 0.5) is 10.8 Å². The first-order chi connectivity index (χ1) is 15.0. The van der Waals surface area contributed by atoms with Crippen molar-refractivity contribution >= 4 is 28.1 Å². The van der Waals surface area contributed by atoms with Crippen LogP contribution in [0.1, 0.15) is 10.4 Å². The highest BCUT2D eigenvalue weighted by molar-refractivity contribution is 7.19. The molecule has 3 aromatic carbocycles. The lowest BCUT2D eigenvalue weighted by Crippen LogP contribution is -2.11. The lowest BCUT2D eigenvalue weighted by molar-refractivity contribution is -0.384. The topological polar surface area (TPSA) is 94.4 Å². The number of amides is 1. The van der Waals surface area contributed by atoms with Crippen molar-refractivity contribution in [2.75, 3.05) is 12.4 Å². The summed E-state index contributed by atoms with van der Waals surface area (Å²) < 4.78 is 5.23. The Labute approximate surface area is 182 Å². The maximum absolute atomic E-state index is 12.7. The average molecular weight is 431 g/mol. The number of nitro benzene ring substituents is 1. The summed E-state index contributed by atoms with van der Waals surface area (Å²) in [5.41, 5.74) is 2.63. The molecule has 0 aliphatic heterocycles. The molecule has 0 saturated heterocycles. The van der Waals surface area contributed by atoms with Gasteiger partial charge in [0.2, 0.25) is 0 Å². The molecule has 1 heterocycles. The fourth-order valence-electron chi connectivity index (χ4n) is 3.03. The van der Waals surface area contributed by atoms with Gasteiger partial charge in [0, 0.05) is 23.3 Å². The standard InChI is InChI=1S/C23H17N3O4S/c1-30-19-12-10-15(11-13-19)20-21(16-6-3-2-4-7-16)31-23(24-20)25-22(27)17-8-5-9-18(14-17)26(28)29/h2-14H,1H3,(H,24,25,27). The Morgan fingerprint density at radius 3 is 2.42 bits per heavy atom. The van der Waals surface area contributed by atoms with Crippen LogP contribution in [0.2, 0.25) is 0 Å². The quantitative estimate of drug-likeness (QED) is 0.315. The van der Waals surface area contributed by atoms with Crippen LogP contribution in [0.5, 0.6) is 5.75 Å². The highest BCUT2D eigenvalue weighted by atomic mass is 32.1. The zero-order chi connectivity index (χ0) is 21.8. The number of carbonyl (C=O) groups is 1. The number of nitrogens with one attached hydrogen (secondary N) is 1. The molecule has 0 radical (unpaired) electrons. The van der Waals surface area contributed by atoms with E-state index in [1.165, 1.54) is 35.6 Å². The number of rotatable bonds is 6. The van der Waals surface area contributed by atoms with E-state index >= 15 is 0 Å². The first kappa shape index (κ1) is 20.2. The molecular formula is C23H17N3O4S. The van der Waals surface area contributed by atoms with Crippen molar-refractivity contribution in [1.29, 1.82) is 0 Å². The molecule has 0 saturated carbocycles. The number of hydrogen-bond donors (Lipinski definition) is 1. The summed E-state index contributed by atoms with van der Waals surface area (Å²) in [6, 6.07) is 22.9. The fraction of sp³-hybridized carbons (Fsp3) is 0.0435. The van der Waals surface area contributed by atoms with Crippen molar-refractivity contribution in [2.24, 2.45) is 0 Å². The highest BCUT2D eigenvalue weighted by Crippen LogP contribution is 2.39. The van der Waals surface area contributed by atoms with Gasteiger partial charge in [0.15, 0.2) is 5.13 Å². The summed E-state index contributed by atoms with van der Waals surface area (Å²) in [5.74, 6) is 0.276. The summed E-state index contributed by atoms with van der Waals surface area (Å²) in [4.78, 5) is 28.7. The van der Waals surface area contributed by atoms with E-state index in [0.29, 0.717) is 5.13 Å². The number of thiazole rings is 1. The monoisotopic (exact) mass is 431 g/mol. The maximum atomic E-state index is 12.7. The highest BCUT2D eigenvalue weighted by Gasteiger charge is 2.18. The zero-order valence-electron chi connectivity index (χ0n) is 16.4. The Bertz CT molecular complexity index is 1240. The molecule has 7 nitrogen and oxygen atoms in total. The van der Waals surface area contributed by atoms with E-state index < -0.39 is 10.8 Å². The van der Waals surface area contributed by atoms with Gasteiger partial charge < -0.3 is 4.74 Å². The van der Waals surface area contributed by atoms with E-state index in [4.69, 9.17) is 4.74 Å². The molecule has 4 rings (SSSR count). The van der Waals surface area contributed by atoms with E-state index in [0.717, 1.165) is 27.4 Å². The Balaban J connectivity index is 1.70. The number of aromatic nitrogens is 1. The third kappa shape index (κ3) is 4.44. The smallest absolute Gasteiger partial charge is 0.270 e. The van der Waals surface area contributed by atoms with E-state index in [2.05, 4.69) is 10.3 Å². The Hall–Kier alpha value is -4.04. The van der Waals surface area contributed by atoms with E-state index in [-0.39, 0.29) is 11.3 Å². The number of nitrogens with zero attached hydrogens (tertiary/aromatic N) is 2.